The summed E-state index contributed by atoms with van der Waals surface area (Å²) in [5.74, 6) is -0.583. The lowest BCUT2D eigenvalue weighted by Gasteiger charge is -2.49. The van der Waals surface area contributed by atoms with E-state index in [1.165, 1.54) is 28.4 Å². The SMILES string of the molecule is CC(C)(C)OC(=O)N[C@@H]1C(=O)N2C(C(=O)OC(c3ccccc3)c3ccccc3)=C(C=CSc3ccccn3)CS[C@@H]12. The molecular formula is C32H31N3O5S2. The first-order chi connectivity index (χ1) is 20.2. The number of pyridine rings is 1. The number of rotatable bonds is 8. The molecule has 1 N–H and O–H groups in total. The number of ether oxygens (including phenoxy) is 2. The average Bonchev–Trinajstić information content (AvgIpc) is 2.98. The molecule has 2 aliphatic rings. The Bertz CT molecular complexity index is 1450. The van der Waals surface area contributed by atoms with Gasteiger partial charge in [0.1, 0.15) is 27.7 Å². The highest BCUT2D eigenvalue weighted by atomic mass is 32.2. The van der Waals surface area contributed by atoms with Crippen LogP contribution in [0.4, 0.5) is 4.79 Å². The van der Waals surface area contributed by atoms with Crippen LogP contribution in [0.15, 0.2) is 113 Å². The van der Waals surface area contributed by atoms with E-state index in [-0.39, 0.29) is 5.70 Å². The highest BCUT2D eigenvalue weighted by Gasteiger charge is 2.54. The highest BCUT2D eigenvalue weighted by molar-refractivity contribution is 8.02. The van der Waals surface area contributed by atoms with Gasteiger partial charge in [0.15, 0.2) is 6.10 Å². The minimum Gasteiger partial charge on any atom is -0.448 e. The van der Waals surface area contributed by atoms with Crippen molar-refractivity contribution in [1.82, 2.24) is 15.2 Å². The summed E-state index contributed by atoms with van der Waals surface area (Å²) in [5.41, 5.74) is 1.72. The number of carbonyl (C=O) groups is 3. The van der Waals surface area contributed by atoms with Gasteiger partial charge < -0.3 is 14.8 Å². The minimum absolute atomic E-state index is 0.167. The molecule has 0 saturated carbocycles. The normalized spacial score (nSPS) is 18.5. The van der Waals surface area contributed by atoms with Gasteiger partial charge >= 0.3 is 12.1 Å². The van der Waals surface area contributed by atoms with Crippen molar-refractivity contribution in [3.05, 3.63) is 119 Å². The summed E-state index contributed by atoms with van der Waals surface area (Å²) in [6.45, 7) is 5.27. The molecule has 0 aliphatic carbocycles. The van der Waals surface area contributed by atoms with E-state index in [2.05, 4.69) is 10.3 Å². The molecule has 0 bridgehead atoms. The molecular weight excluding hydrogens is 571 g/mol. The lowest BCUT2D eigenvalue weighted by atomic mass is 10.0. The van der Waals surface area contributed by atoms with Gasteiger partial charge in [-0.05, 0) is 61.1 Å². The third-order valence-corrected chi connectivity index (χ3v) is 8.45. The number of carbonyl (C=O) groups excluding carboxylic acids is 3. The summed E-state index contributed by atoms with van der Waals surface area (Å²) in [6, 6.07) is 23.8. The van der Waals surface area contributed by atoms with Gasteiger partial charge in [-0.15, -0.1) is 11.8 Å². The first-order valence-corrected chi connectivity index (χ1v) is 15.4. The maximum absolute atomic E-state index is 14.0. The summed E-state index contributed by atoms with van der Waals surface area (Å²) in [5, 5.41) is 4.85. The zero-order valence-electron chi connectivity index (χ0n) is 23.4. The molecule has 1 aromatic heterocycles. The van der Waals surface area contributed by atoms with Crippen LogP contribution in [0.25, 0.3) is 0 Å². The lowest BCUT2D eigenvalue weighted by Crippen LogP contribution is -2.70. The molecule has 2 aromatic carbocycles. The molecule has 8 nitrogen and oxygen atoms in total. The summed E-state index contributed by atoms with van der Waals surface area (Å²) >= 11 is 2.87. The Hall–Kier alpha value is -4.02. The van der Waals surface area contributed by atoms with E-state index in [1.807, 2.05) is 90.3 Å². The van der Waals surface area contributed by atoms with Crippen molar-refractivity contribution in [2.75, 3.05) is 5.75 Å². The average molecular weight is 602 g/mol. The number of thioether (sulfide) groups is 2. The van der Waals surface area contributed by atoms with Gasteiger partial charge in [-0.2, -0.15) is 0 Å². The molecule has 3 heterocycles. The van der Waals surface area contributed by atoms with Crippen molar-refractivity contribution in [2.45, 2.75) is 48.9 Å². The van der Waals surface area contributed by atoms with Crippen molar-refractivity contribution in [1.29, 1.82) is 0 Å². The molecule has 0 radical (unpaired) electrons. The Morgan fingerprint density at radius 1 is 1.02 bits per heavy atom. The molecule has 2 amide bonds. The van der Waals surface area contributed by atoms with Crippen LogP contribution >= 0.6 is 23.5 Å². The Balaban J connectivity index is 1.44. The summed E-state index contributed by atoms with van der Waals surface area (Å²) < 4.78 is 11.5. The molecule has 216 valence electrons. The number of amides is 2. The second-order valence-electron chi connectivity index (χ2n) is 10.6. The Morgan fingerprint density at radius 2 is 1.67 bits per heavy atom. The zero-order valence-corrected chi connectivity index (χ0v) is 25.1. The van der Waals surface area contributed by atoms with Crippen LogP contribution in [0.2, 0.25) is 0 Å². The number of nitrogens with zero attached hydrogens (tertiary/aromatic N) is 2. The van der Waals surface area contributed by atoms with Crippen LogP contribution in [-0.4, -0.2) is 50.6 Å². The number of fused-ring (bicyclic) bond motifs is 1. The molecule has 2 atom stereocenters. The van der Waals surface area contributed by atoms with E-state index < -0.39 is 41.1 Å². The number of esters is 1. The topological polar surface area (TPSA) is 97.8 Å². The molecule has 1 fully saturated rings. The van der Waals surface area contributed by atoms with Gasteiger partial charge in [0.05, 0.1) is 0 Å². The smallest absolute Gasteiger partial charge is 0.408 e. The standard InChI is InChI=1S/C32H31N3O5S2/c1-32(2,3)40-31(38)34-25-28(36)35-26(23(20-42-29(25)35)17-19-41-24-16-10-11-18-33-24)30(37)39-27(21-12-6-4-7-13-21)22-14-8-5-9-15-22/h4-19,25,27,29H,20H2,1-3H3,(H,34,38)/t25-,29+/m1/s1. The molecule has 10 heteroatoms. The second kappa shape index (κ2) is 12.9. The second-order valence-corrected chi connectivity index (χ2v) is 12.6. The molecule has 0 unspecified atom stereocenters. The first-order valence-electron chi connectivity index (χ1n) is 13.4. The fourth-order valence-corrected chi connectivity index (χ4v) is 6.51. The fraction of sp³-hybridized carbons (Fsp3) is 0.250. The lowest BCUT2D eigenvalue weighted by molar-refractivity contribution is -0.153. The van der Waals surface area contributed by atoms with E-state index in [4.69, 9.17) is 9.47 Å². The van der Waals surface area contributed by atoms with Gasteiger partial charge in [-0.3, -0.25) is 9.69 Å². The van der Waals surface area contributed by atoms with E-state index in [0.717, 1.165) is 16.2 Å². The van der Waals surface area contributed by atoms with Crippen LogP contribution in [0, 0.1) is 0 Å². The van der Waals surface area contributed by atoms with Gasteiger partial charge in [0, 0.05) is 11.9 Å². The molecule has 0 spiro atoms. The number of allylic oxidation sites excluding steroid dienone is 1. The predicted molar refractivity (Wildman–Crippen MR) is 163 cm³/mol. The maximum atomic E-state index is 14.0. The van der Waals surface area contributed by atoms with Crippen LogP contribution in [0.3, 0.4) is 0 Å². The van der Waals surface area contributed by atoms with Crippen molar-refractivity contribution in [3.63, 3.8) is 0 Å². The number of β-lactam (4-membered cyclic amide) rings is 1. The summed E-state index contributed by atoms with van der Waals surface area (Å²) in [6.07, 6.45) is 2.17. The number of hydrogen-bond donors (Lipinski definition) is 1. The fourth-order valence-electron chi connectivity index (χ4n) is 4.54. The molecule has 2 aliphatic heterocycles. The molecule has 1 saturated heterocycles. The maximum Gasteiger partial charge on any atom is 0.408 e. The number of alkyl carbamates (subject to hydrolysis) is 1. The number of nitrogens with one attached hydrogen (secondary N) is 1. The molecule has 42 heavy (non-hydrogen) atoms. The summed E-state index contributed by atoms with van der Waals surface area (Å²) in [4.78, 5) is 45.6. The van der Waals surface area contributed by atoms with E-state index >= 15 is 0 Å². The van der Waals surface area contributed by atoms with E-state index in [0.29, 0.717) is 11.3 Å². The Labute approximate surface area is 253 Å². The third kappa shape index (κ3) is 6.88. The predicted octanol–water partition coefficient (Wildman–Crippen LogP) is 6.08. The molecule has 5 rings (SSSR count). The van der Waals surface area contributed by atoms with Crippen molar-refractivity contribution in [2.24, 2.45) is 0 Å². The Kier molecular flexibility index (Phi) is 9.03. The van der Waals surface area contributed by atoms with E-state index in [9.17, 15) is 14.4 Å². The number of benzene rings is 2. The van der Waals surface area contributed by atoms with Crippen LogP contribution in [0.5, 0.6) is 0 Å². The largest absolute Gasteiger partial charge is 0.448 e. The minimum atomic E-state index is -0.819. The molecule has 3 aromatic rings. The van der Waals surface area contributed by atoms with Crippen molar-refractivity contribution >= 4 is 41.5 Å². The summed E-state index contributed by atoms with van der Waals surface area (Å²) in [7, 11) is 0. The van der Waals surface area contributed by atoms with Gasteiger partial charge in [-0.1, -0.05) is 78.5 Å². The first kappa shape index (κ1) is 29.5. The van der Waals surface area contributed by atoms with Gasteiger partial charge in [-0.25, -0.2) is 14.6 Å². The Morgan fingerprint density at radius 3 is 2.26 bits per heavy atom. The number of hydrogen-bond acceptors (Lipinski definition) is 8. The highest BCUT2D eigenvalue weighted by Crippen LogP contribution is 2.42. The van der Waals surface area contributed by atoms with Crippen LogP contribution in [0.1, 0.15) is 38.0 Å². The third-order valence-electron chi connectivity index (χ3n) is 6.39. The van der Waals surface area contributed by atoms with Gasteiger partial charge in [0.2, 0.25) is 0 Å². The quantitative estimate of drug-likeness (QED) is 0.188. The van der Waals surface area contributed by atoms with Gasteiger partial charge in [0.25, 0.3) is 5.91 Å². The van der Waals surface area contributed by atoms with Crippen LogP contribution < -0.4 is 5.32 Å². The monoisotopic (exact) mass is 601 g/mol. The van der Waals surface area contributed by atoms with E-state index in [1.54, 1.807) is 27.0 Å². The zero-order chi connectivity index (χ0) is 29.7. The van der Waals surface area contributed by atoms with Crippen LogP contribution in [-0.2, 0) is 19.1 Å². The number of aromatic nitrogens is 1. The van der Waals surface area contributed by atoms with Crippen molar-refractivity contribution in [3.8, 4) is 0 Å². The van der Waals surface area contributed by atoms with Crippen molar-refractivity contribution < 1.29 is 23.9 Å².